The maximum Gasteiger partial charge on any atom is 0.0441 e. The van der Waals surface area contributed by atoms with Crippen LogP contribution >= 0.6 is 11.3 Å². The standard InChI is InChI=1S/C17H23NS/c1-12-7-9-13(10-8-12)17(18-2)16-11-14-5-3-4-6-15(14)19-16/h3-6,11-13,17-18H,7-10H2,1-2H3. The number of fused-ring (bicyclic) bond motifs is 1. The van der Waals surface area contributed by atoms with Crippen molar-refractivity contribution in [2.45, 2.75) is 38.6 Å². The van der Waals surface area contributed by atoms with Crippen molar-refractivity contribution in [1.82, 2.24) is 5.32 Å². The molecule has 1 aliphatic rings. The Bertz CT molecular complexity index is 504. The highest BCUT2D eigenvalue weighted by atomic mass is 32.1. The van der Waals surface area contributed by atoms with Crippen molar-refractivity contribution in [3.8, 4) is 0 Å². The summed E-state index contributed by atoms with van der Waals surface area (Å²) in [6.07, 6.45) is 5.54. The lowest BCUT2D eigenvalue weighted by molar-refractivity contribution is 0.240. The molecule has 1 fully saturated rings. The van der Waals surface area contributed by atoms with Crippen molar-refractivity contribution < 1.29 is 0 Å². The molecule has 1 atom stereocenters. The Balaban J connectivity index is 1.85. The Morgan fingerprint density at radius 1 is 1.16 bits per heavy atom. The molecule has 0 saturated heterocycles. The van der Waals surface area contributed by atoms with E-state index in [1.165, 1.54) is 40.6 Å². The second kappa shape index (κ2) is 5.64. The molecule has 3 rings (SSSR count). The number of thiophene rings is 1. The van der Waals surface area contributed by atoms with Crippen molar-refractivity contribution in [2.75, 3.05) is 7.05 Å². The number of benzene rings is 1. The molecular weight excluding hydrogens is 250 g/mol. The van der Waals surface area contributed by atoms with Crippen LogP contribution in [-0.2, 0) is 0 Å². The minimum absolute atomic E-state index is 0.546. The summed E-state index contributed by atoms with van der Waals surface area (Å²) in [6.45, 7) is 2.39. The molecule has 1 saturated carbocycles. The average Bonchev–Trinajstić information content (AvgIpc) is 2.85. The highest BCUT2D eigenvalue weighted by Gasteiger charge is 2.27. The Morgan fingerprint density at radius 3 is 2.58 bits per heavy atom. The van der Waals surface area contributed by atoms with Crippen molar-refractivity contribution >= 4 is 21.4 Å². The van der Waals surface area contributed by atoms with Crippen LogP contribution in [0.15, 0.2) is 30.3 Å². The third-order valence-electron chi connectivity index (χ3n) is 4.59. The van der Waals surface area contributed by atoms with Gasteiger partial charge in [0.15, 0.2) is 0 Å². The van der Waals surface area contributed by atoms with E-state index in [9.17, 15) is 0 Å². The zero-order valence-electron chi connectivity index (χ0n) is 11.9. The Labute approximate surface area is 120 Å². The molecule has 1 nitrogen and oxygen atoms in total. The minimum atomic E-state index is 0.546. The molecule has 1 aromatic heterocycles. The molecule has 1 N–H and O–H groups in total. The van der Waals surface area contributed by atoms with Gasteiger partial charge in [-0.05, 0) is 49.2 Å². The molecule has 0 bridgehead atoms. The first-order valence-electron chi connectivity index (χ1n) is 7.43. The zero-order valence-corrected chi connectivity index (χ0v) is 12.7. The van der Waals surface area contributed by atoms with Gasteiger partial charge in [-0.15, -0.1) is 11.3 Å². The molecule has 19 heavy (non-hydrogen) atoms. The normalized spacial score (nSPS) is 25.6. The van der Waals surface area contributed by atoms with Crippen LogP contribution in [0.3, 0.4) is 0 Å². The van der Waals surface area contributed by atoms with Crippen LogP contribution < -0.4 is 5.32 Å². The smallest absolute Gasteiger partial charge is 0.0441 e. The van der Waals surface area contributed by atoms with E-state index < -0.39 is 0 Å². The first-order valence-corrected chi connectivity index (χ1v) is 8.25. The summed E-state index contributed by atoms with van der Waals surface area (Å²) in [7, 11) is 2.12. The third kappa shape index (κ3) is 2.70. The monoisotopic (exact) mass is 273 g/mol. The highest BCUT2D eigenvalue weighted by molar-refractivity contribution is 7.19. The lowest BCUT2D eigenvalue weighted by Gasteiger charge is -2.32. The van der Waals surface area contributed by atoms with Crippen LogP contribution in [0.4, 0.5) is 0 Å². The molecule has 102 valence electrons. The molecular formula is C17H23NS. The molecule has 2 heteroatoms. The van der Waals surface area contributed by atoms with Gasteiger partial charge in [0.05, 0.1) is 0 Å². The van der Waals surface area contributed by atoms with Gasteiger partial charge in [-0.25, -0.2) is 0 Å². The number of nitrogens with one attached hydrogen (secondary N) is 1. The highest BCUT2D eigenvalue weighted by Crippen LogP contribution is 2.40. The second-order valence-corrected chi connectivity index (χ2v) is 7.09. The molecule has 1 aliphatic carbocycles. The SMILES string of the molecule is CNC(c1cc2ccccc2s1)C1CCC(C)CC1. The molecule has 1 heterocycles. The average molecular weight is 273 g/mol. The van der Waals surface area contributed by atoms with Crippen LogP contribution in [0.1, 0.15) is 43.5 Å². The van der Waals surface area contributed by atoms with E-state index in [0.717, 1.165) is 11.8 Å². The van der Waals surface area contributed by atoms with Crippen molar-refractivity contribution in [3.63, 3.8) is 0 Å². The van der Waals surface area contributed by atoms with Crippen LogP contribution in [0.25, 0.3) is 10.1 Å². The van der Waals surface area contributed by atoms with Gasteiger partial charge in [-0.1, -0.05) is 38.0 Å². The summed E-state index contributed by atoms with van der Waals surface area (Å²) in [4.78, 5) is 1.52. The summed E-state index contributed by atoms with van der Waals surface area (Å²) >= 11 is 1.96. The minimum Gasteiger partial charge on any atom is -0.312 e. The molecule has 0 amide bonds. The molecule has 1 aromatic carbocycles. The summed E-state index contributed by atoms with van der Waals surface area (Å²) in [5.74, 6) is 1.74. The van der Waals surface area contributed by atoms with Crippen molar-refractivity contribution in [1.29, 1.82) is 0 Å². The molecule has 0 aliphatic heterocycles. The van der Waals surface area contributed by atoms with Crippen LogP contribution in [0, 0.1) is 11.8 Å². The van der Waals surface area contributed by atoms with Crippen molar-refractivity contribution in [3.05, 3.63) is 35.2 Å². The second-order valence-electron chi connectivity index (χ2n) is 5.97. The number of rotatable bonds is 3. The summed E-state index contributed by atoms with van der Waals surface area (Å²) in [6, 6.07) is 11.7. The fraction of sp³-hybridized carbons (Fsp3) is 0.529. The van der Waals surface area contributed by atoms with E-state index in [-0.39, 0.29) is 0 Å². The van der Waals surface area contributed by atoms with E-state index in [4.69, 9.17) is 0 Å². The lowest BCUT2D eigenvalue weighted by Crippen LogP contribution is -2.27. The number of hydrogen-bond acceptors (Lipinski definition) is 2. The van der Waals surface area contributed by atoms with E-state index in [0.29, 0.717) is 6.04 Å². The van der Waals surface area contributed by atoms with Gasteiger partial charge in [0, 0.05) is 15.6 Å². The van der Waals surface area contributed by atoms with Gasteiger partial charge in [0.1, 0.15) is 0 Å². The topological polar surface area (TPSA) is 12.0 Å². The van der Waals surface area contributed by atoms with E-state index in [2.05, 4.69) is 49.6 Å². The van der Waals surface area contributed by atoms with Gasteiger partial charge in [0.2, 0.25) is 0 Å². The van der Waals surface area contributed by atoms with Gasteiger partial charge in [-0.2, -0.15) is 0 Å². The predicted octanol–water partition coefficient (Wildman–Crippen LogP) is 4.99. The van der Waals surface area contributed by atoms with Crippen LogP contribution in [0.2, 0.25) is 0 Å². The Kier molecular flexibility index (Phi) is 3.90. The Morgan fingerprint density at radius 2 is 1.89 bits per heavy atom. The Hall–Kier alpha value is -0.860. The summed E-state index contributed by atoms with van der Waals surface area (Å²) in [5.41, 5.74) is 0. The molecule has 1 unspecified atom stereocenters. The molecule has 2 aromatic rings. The largest absolute Gasteiger partial charge is 0.312 e. The van der Waals surface area contributed by atoms with Gasteiger partial charge >= 0.3 is 0 Å². The maximum absolute atomic E-state index is 3.57. The summed E-state index contributed by atoms with van der Waals surface area (Å²) < 4.78 is 1.42. The zero-order chi connectivity index (χ0) is 13.2. The van der Waals surface area contributed by atoms with Crippen LogP contribution in [0.5, 0.6) is 0 Å². The van der Waals surface area contributed by atoms with Gasteiger partial charge in [-0.3, -0.25) is 0 Å². The van der Waals surface area contributed by atoms with Crippen LogP contribution in [-0.4, -0.2) is 7.05 Å². The quantitative estimate of drug-likeness (QED) is 0.831. The fourth-order valence-electron chi connectivity index (χ4n) is 3.39. The first-order chi connectivity index (χ1) is 9.28. The fourth-order valence-corrected chi connectivity index (χ4v) is 4.65. The first kappa shape index (κ1) is 13.1. The van der Waals surface area contributed by atoms with E-state index in [1.807, 2.05) is 11.3 Å². The summed E-state index contributed by atoms with van der Waals surface area (Å²) in [5, 5.41) is 4.97. The maximum atomic E-state index is 3.57. The molecule has 0 spiro atoms. The predicted molar refractivity (Wildman–Crippen MR) is 84.7 cm³/mol. The van der Waals surface area contributed by atoms with E-state index in [1.54, 1.807) is 0 Å². The number of hydrogen-bond donors (Lipinski definition) is 1. The third-order valence-corrected chi connectivity index (χ3v) is 5.79. The van der Waals surface area contributed by atoms with Gasteiger partial charge < -0.3 is 5.32 Å². The van der Waals surface area contributed by atoms with E-state index >= 15 is 0 Å². The van der Waals surface area contributed by atoms with Crippen molar-refractivity contribution in [2.24, 2.45) is 11.8 Å². The van der Waals surface area contributed by atoms with Gasteiger partial charge in [0.25, 0.3) is 0 Å². The molecule has 0 radical (unpaired) electrons. The lowest BCUT2D eigenvalue weighted by atomic mass is 9.79.